The lowest BCUT2D eigenvalue weighted by molar-refractivity contribution is -0.145. The summed E-state index contributed by atoms with van der Waals surface area (Å²) in [6.07, 6.45) is 0. The number of nitrogens with two attached hydrogens (primary N) is 1. The molecular weight excluding hydrogens is 374 g/mol. The molecule has 0 bridgehead atoms. The molecule has 0 radical (unpaired) electrons. The number of halogens is 1. The zero-order chi connectivity index (χ0) is 19.1. The molecule has 138 valence electrons. The van der Waals surface area contributed by atoms with Crippen molar-refractivity contribution in [3.8, 4) is 0 Å². The Morgan fingerprint density at radius 3 is 2.27 bits per heavy atom. The summed E-state index contributed by atoms with van der Waals surface area (Å²) in [6.45, 7) is 3.66. The summed E-state index contributed by atoms with van der Waals surface area (Å²) in [5.41, 5.74) is 6.27. The molecule has 1 fully saturated rings. The number of sulfone groups is 1. The molecule has 0 amide bonds. The molecule has 7 heteroatoms. The molecule has 2 N–H and O–H groups in total. The highest BCUT2D eigenvalue weighted by Gasteiger charge is 2.74. The molecular formula is C19H20ClNO4S. The van der Waals surface area contributed by atoms with Crippen molar-refractivity contribution < 1.29 is 17.9 Å². The molecule has 3 atom stereocenters. The van der Waals surface area contributed by atoms with Crippen LogP contribution in [0.2, 0.25) is 5.02 Å². The maximum Gasteiger partial charge on any atom is 0.328 e. The molecule has 0 saturated heterocycles. The predicted octanol–water partition coefficient (Wildman–Crippen LogP) is 2.85. The first-order valence-corrected chi connectivity index (χ1v) is 10.2. The average Bonchev–Trinajstić information content (AvgIpc) is 3.25. The van der Waals surface area contributed by atoms with Gasteiger partial charge in [0.2, 0.25) is 0 Å². The first kappa shape index (κ1) is 18.9. The second kappa shape index (κ2) is 6.68. The fraction of sp³-hybridized carbons (Fsp3) is 0.316. The van der Waals surface area contributed by atoms with Crippen molar-refractivity contribution in [1.29, 1.82) is 0 Å². The molecule has 5 nitrogen and oxygen atoms in total. The number of esters is 1. The Labute approximate surface area is 158 Å². The second-order valence-corrected chi connectivity index (χ2v) is 8.97. The summed E-state index contributed by atoms with van der Waals surface area (Å²) in [5, 5.41) is -0.566. The molecule has 0 heterocycles. The van der Waals surface area contributed by atoms with Gasteiger partial charge in [-0.1, -0.05) is 41.4 Å². The van der Waals surface area contributed by atoms with E-state index in [1.165, 1.54) is 12.1 Å². The summed E-state index contributed by atoms with van der Waals surface area (Å²) in [4.78, 5) is 12.6. The fourth-order valence-corrected chi connectivity index (χ4v) is 5.66. The largest absolute Gasteiger partial charge is 0.465 e. The van der Waals surface area contributed by atoms with Gasteiger partial charge in [0.15, 0.2) is 9.84 Å². The number of carbonyl (C=O) groups excluding carboxylic acids is 1. The van der Waals surface area contributed by atoms with Gasteiger partial charge in [-0.15, -0.1) is 0 Å². The van der Waals surface area contributed by atoms with Crippen LogP contribution in [0, 0.1) is 6.92 Å². The van der Waals surface area contributed by atoms with E-state index >= 15 is 0 Å². The van der Waals surface area contributed by atoms with Gasteiger partial charge in [-0.05, 0) is 43.7 Å². The number of hydrogen-bond donors (Lipinski definition) is 1. The molecule has 0 aromatic heterocycles. The van der Waals surface area contributed by atoms with Crippen LogP contribution in [0.1, 0.15) is 24.0 Å². The van der Waals surface area contributed by atoms with Crippen LogP contribution in [0.3, 0.4) is 0 Å². The van der Waals surface area contributed by atoms with Crippen LogP contribution in [-0.2, 0) is 19.4 Å². The molecule has 2 aromatic carbocycles. The standard InChI is InChI=1S/C19H20ClNO4S/c1-3-25-18(22)19(21)16(13-6-8-14(20)9-7-13)17(19)26(23,24)15-10-4-12(2)5-11-15/h4-11,16-17H,3,21H2,1-2H3/t16-,17+,19+/m1/s1. The van der Waals surface area contributed by atoms with Crippen molar-refractivity contribution in [2.75, 3.05) is 6.61 Å². The monoisotopic (exact) mass is 393 g/mol. The van der Waals surface area contributed by atoms with Crippen molar-refractivity contribution >= 4 is 27.4 Å². The van der Waals surface area contributed by atoms with E-state index in [0.29, 0.717) is 10.6 Å². The van der Waals surface area contributed by atoms with Crippen LogP contribution >= 0.6 is 11.6 Å². The third kappa shape index (κ3) is 3.02. The van der Waals surface area contributed by atoms with Gasteiger partial charge in [0.05, 0.1) is 11.5 Å². The lowest BCUT2D eigenvalue weighted by Crippen LogP contribution is -2.41. The zero-order valence-electron chi connectivity index (χ0n) is 14.5. The lowest BCUT2D eigenvalue weighted by atomic mass is 10.1. The quantitative estimate of drug-likeness (QED) is 0.789. The van der Waals surface area contributed by atoms with Crippen molar-refractivity contribution in [1.82, 2.24) is 0 Å². The molecule has 1 aliphatic carbocycles. The van der Waals surface area contributed by atoms with Crippen LogP contribution in [0.25, 0.3) is 0 Å². The van der Waals surface area contributed by atoms with Crippen molar-refractivity contribution in [3.63, 3.8) is 0 Å². The fourth-order valence-electron chi connectivity index (χ4n) is 3.30. The normalized spacial score (nSPS) is 24.9. The van der Waals surface area contributed by atoms with Gasteiger partial charge >= 0.3 is 5.97 Å². The van der Waals surface area contributed by atoms with Crippen molar-refractivity contribution in [2.45, 2.75) is 35.4 Å². The van der Waals surface area contributed by atoms with E-state index in [0.717, 1.165) is 5.56 Å². The third-order valence-corrected chi connectivity index (χ3v) is 7.23. The topological polar surface area (TPSA) is 86.5 Å². The Morgan fingerprint density at radius 1 is 1.15 bits per heavy atom. The number of carbonyl (C=O) groups is 1. The summed E-state index contributed by atoms with van der Waals surface area (Å²) in [6, 6.07) is 13.2. The summed E-state index contributed by atoms with van der Waals surface area (Å²) in [7, 11) is -3.82. The summed E-state index contributed by atoms with van der Waals surface area (Å²) in [5.74, 6) is -1.40. The SMILES string of the molecule is CCOC(=O)[C@]1(N)[C@H](c2ccc(Cl)cc2)[C@@H]1S(=O)(=O)c1ccc(C)cc1. The minimum Gasteiger partial charge on any atom is -0.465 e. The second-order valence-electron chi connectivity index (χ2n) is 6.46. The Bertz CT molecular complexity index is 925. The number of aryl methyl sites for hydroxylation is 1. The van der Waals surface area contributed by atoms with Crippen LogP contribution < -0.4 is 5.73 Å². The van der Waals surface area contributed by atoms with Crippen molar-refractivity contribution in [3.05, 3.63) is 64.7 Å². The highest BCUT2D eigenvalue weighted by molar-refractivity contribution is 7.92. The van der Waals surface area contributed by atoms with Gasteiger partial charge in [-0.25, -0.2) is 13.2 Å². The van der Waals surface area contributed by atoms with Crippen LogP contribution in [-0.4, -0.2) is 31.8 Å². The first-order chi connectivity index (χ1) is 12.2. The lowest BCUT2D eigenvalue weighted by Gasteiger charge is -2.11. The number of benzene rings is 2. The van der Waals surface area contributed by atoms with E-state index in [2.05, 4.69) is 0 Å². The van der Waals surface area contributed by atoms with E-state index in [1.54, 1.807) is 43.3 Å². The molecule has 0 spiro atoms. The molecule has 3 rings (SSSR count). The Morgan fingerprint density at radius 2 is 1.73 bits per heavy atom. The van der Waals surface area contributed by atoms with Gasteiger partial charge in [0, 0.05) is 10.9 Å². The maximum atomic E-state index is 13.2. The zero-order valence-corrected chi connectivity index (χ0v) is 16.0. The number of ether oxygens (including phenoxy) is 1. The minimum atomic E-state index is -3.82. The first-order valence-electron chi connectivity index (χ1n) is 8.25. The van der Waals surface area contributed by atoms with Gasteiger partial charge in [-0.3, -0.25) is 0 Å². The Kier molecular flexibility index (Phi) is 4.86. The number of rotatable bonds is 5. The van der Waals surface area contributed by atoms with Gasteiger partial charge in [0.1, 0.15) is 10.8 Å². The highest BCUT2D eigenvalue weighted by Crippen LogP contribution is 2.56. The average molecular weight is 394 g/mol. The summed E-state index contributed by atoms with van der Waals surface area (Å²) < 4.78 is 31.4. The van der Waals surface area contributed by atoms with E-state index in [1.807, 2.05) is 6.92 Å². The highest BCUT2D eigenvalue weighted by atomic mass is 35.5. The molecule has 1 aliphatic rings. The van der Waals surface area contributed by atoms with Crippen LogP contribution in [0.4, 0.5) is 0 Å². The molecule has 2 aromatic rings. The molecule has 26 heavy (non-hydrogen) atoms. The summed E-state index contributed by atoms with van der Waals surface area (Å²) >= 11 is 5.92. The molecule has 0 aliphatic heterocycles. The van der Waals surface area contributed by atoms with Gasteiger partial charge in [0.25, 0.3) is 0 Å². The third-order valence-electron chi connectivity index (χ3n) is 4.72. The molecule has 0 unspecified atom stereocenters. The maximum absolute atomic E-state index is 13.2. The van der Waals surface area contributed by atoms with Crippen LogP contribution in [0.15, 0.2) is 53.4 Å². The van der Waals surface area contributed by atoms with E-state index in [-0.39, 0.29) is 11.5 Å². The smallest absolute Gasteiger partial charge is 0.328 e. The number of hydrogen-bond acceptors (Lipinski definition) is 5. The van der Waals surface area contributed by atoms with Gasteiger partial charge in [-0.2, -0.15) is 0 Å². The van der Waals surface area contributed by atoms with Crippen LogP contribution in [0.5, 0.6) is 0 Å². The van der Waals surface area contributed by atoms with E-state index < -0.39 is 32.5 Å². The van der Waals surface area contributed by atoms with Crippen molar-refractivity contribution in [2.24, 2.45) is 5.73 Å². The van der Waals surface area contributed by atoms with E-state index in [9.17, 15) is 13.2 Å². The Hall–Kier alpha value is -1.89. The van der Waals surface area contributed by atoms with Gasteiger partial charge < -0.3 is 10.5 Å². The molecule has 1 saturated carbocycles. The predicted molar refractivity (Wildman–Crippen MR) is 99.9 cm³/mol. The Balaban J connectivity index is 2.06. The minimum absolute atomic E-state index is 0.127. The van der Waals surface area contributed by atoms with E-state index in [4.69, 9.17) is 22.1 Å².